The molecule has 29 heavy (non-hydrogen) atoms. The summed E-state index contributed by atoms with van der Waals surface area (Å²) in [6, 6.07) is 12.0. The molecule has 2 aromatic carbocycles. The number of hydrogen-bond acceptors (Lipinski definition) is 5. The highest BCUT2D eigenvalue weighted by atomic mass is 16.5. The third kappa shape index (κ3) is 4.45. The molecule has 0 aliphatic heterocycles. The lowest BCUT2D eigenvalue weighted by Crippen LogP contribution is -2.30. The third-order valence-corrected chi connectivity index (χ3v) is 4.61. The molecule has 1 unspecified atom stereocenters. The lowest BCUT2D eigenvalue weighted by Gasteiger charge is -2.17. The zero-order valence-corrected chi connectivity index (χ0v) is 16.7. The zero-order valence-electron chi connectivity index (χ0n) is 16.7. The van der Waals surface area contributed by atoms with Crippen molar-refractivity contribution in [2.45, 2.75) is 33.8 Å². The van der Waals surface area contributed by atoms with Crippen LogP contribution < -0.4 is 21.0 Å². The molecule has 0 spiro atoms. The molecule has 3 rings (SSSR count). The topological polar surface area (TPSA) is 97.6 Å². The van der Waals surface area contributed by atoms with Crippen molar-refractivity contribution in [3.63, 3.8) is 0 Å². The zero-order chi connectivity index (χ0) is 21.1. The lowest BCUT2D eigenvalue weighted by molar-refractivity contribution is -0.122. The number of amides is 2. The second-order valence-electron chi connectivity index (χ2n) is 6.77. The van der Waals surface area contributed by atoms with E-state index in [4.69, 9.17) is 9.15 Å². The maximum absolute atomic E-state index is 12.5. The summed E-state index contributed by atoms with van der Waals surface area (Å²) < 4.78 is 11.1. The van der Waals surface area contributed by atoms with Gasteiger partial charge in [0.2, 0.25) is 5.91 Å². The number of ether oxygens (including phenoxy) is 1. The van der Waals surface area contributed by atoms with E-state index in [0.29, 0.717) is 28.3 Å². The van der Waals surface area contributed by atoms with Gasteiger partial charge in [-0.2, -0.15) is 0 Å². The largest absolute Gasteiger partial charge is 0.481 e. The van der Waals surface area contributed by atoms with Gasteiger partial charge in [-0.1, -0.05) is 12.1 Å². The molecule has 3 aromatic rings. The van der Waals surface area contributed by atoms with Crippen LogP contribution in [0.25, 0.3) is 11.0 Å². The summed E-state index contributed by atoms with van der Waals surface area (Å²) in [7, 11) is 0. The average Bonchev–Trinajstić information content (AvgIpc) is 2.67. The Kier molecular flexibility index (Phi) is 5.68. The Morgan fingerprint density at radius 2 is 1.66 bits per heavy atom. The molecule has 1 aromatic heterocycles. The van der Waals surface area contributed by atoms with Gasteiger partial charge in [0.05, 0.1) is 11.4 Å². The number of aryl methyl sites for hydroxylation is 1. The van der Waals surface area contributed by atoms with Crippen molar-refractivity contribution in [1.82, 2.24) is 0 Å². The summed E-state index contributed by atoms with van der Waals surface area (Å²) in [5, 5.41) is 6.23. The van der Waals surface area contributed by atoms with Crippen molar-refractivity contribution in [2.24, 2.45) is 0 Å². The highest BCUT2D eigenvalue weighted by Gasteiger charge is 2.17. The van der Waals surface area contributed by atoms with Crippen LogP contribution in [0.4, 0.5) is 11.4 Å². The van der Waals surface area contributed by atoms with Gasteiger partial charge in [0.15, 0.2) is 6.10 Å². The van der Waals surface area contributed by atoms with Gasteiger partial charge in [-0.15, -0.1) is 0 Å². The van der Waals surface area contributed by atoms with E-state index in [1.807, 2.05) is 6.92 Å². The fraction of sp³-hybridized carbons (Fsp3) is 0.227. The number of para-hydroxylation sites is 2. The summed E-state index contributed by atoms with van der Waals surface area (Å²) >= 11 is 0. The lowest BCUT2D eigenvalue weighted by atomic mass is 10.1. The number of hydrogen-bond donors (Lipinski definition) is 2. The molecule has 0 aliphatic rings. The Bertz CT molecular complexity index is 1150. The molecular weight excluding hydrogens is 372 g/mol. The van der Waals surface area contributed by atoms with Crippen LogP contribution in [-0.2, 0) is 9.59 Å². The molecule has 7 nitrogen and oxygen atoms in total. The van der Waals surface area contributed by atoms with Crippen molar-refractivity contribution in [2.75, 3.05) is 10.6 Å². The van der Waals surface area contributed by atoms with Crippen LogP contribution >= 0.6 is 0 Å². The molecular formula is C22H22N2O5. The Morgan fingerprint density at radius 3 is 2.31 bits per heavy atom. The second kappa shape index (κ2) is 8.18. The predicted octanol–water partition coefficient (Wildman–Crippen LogP) is 3.77. The maximum Gasteiger partial charge on any atom is 0.339 e. The van der Waals surface area contributed by atoms with Crippen LogP contribution in [0.1, 0.15) is 25.0 Å². The number of nitrogens with one attached hydrogen (secondary N) is 2. The Balaban J connectivity index is 1.77. The highest BCUT2D eigenvalue weighted by molar-refractivity contribution is 6.00. The highest BCUT2D eigenvalue weighted by Crippen LogP contribution is 2.25. The van der Waals surface area contributed by atoms with Gasteiger partial charge < -0.3 is 19.8 Å². The normalized spacial score (nSPS) is 11.7. The molecule has 2 amide bonds. The van der Waals surface area contributed by atoms with Crippen LogP contribution in [0, 0.1) is 13.8 Å². The fourth-order valence-electron chi connectivity index (χ4n) is 2.88. The van der Waals surface area contributed by atoms with Crippen molar-refractivity contribution < 1.29 is 18.7 Å². The molecule has 2 N–H and O–H groups in total. The summed E-state index contributed by atoms with van der Waals surface area (Å²) in [4.78, 5) is 35.8. The molecule has 0 saturated heterocycles. The standard InChI is InChI=1S/C22H22N2O5/c1-12-13(2)22(27)29-20-11-16(9-10-17(12)20)28-14(3)21(26)24-19-8-6-5-7-18(19)23-15(4)25/h5-11,14H,1-4H3,(H,23,25)(H,24,26). The Labute approximate surface area is 167 Å². The Morgan fingerprint density at radius 1 is 1.00 bits per heavy atom. The van der Waals surface area contributed by atoms with E-state index in [0.717, 1.165) is 10.9 Å². The van der Waals surface area contributed by atoms with Gasteiger partial charge in [0.25, 0.3) is 5.91 Å². The first-order valence-electron chi connectivity index (χ1n) is 9.14. The van der Waals surface area contributed by atoms with Crippen molar-refractivity contribution >= 4 is 34.2 Å². The van der Waals surface area contributed by atoms with Crippen LogP contribution in [-0.4, -0.2) is 17.9 Å². The van der Waals surface area contributed by atoms with Gasteiger partial charge >= 0.3 is 5.63 Å². The van der Waals surface area contributed by atoms with Gasteiger partial charge in [-0.05, 0) is 50.6 Å². The quantitative estimate of drug-likeness (QED) is 0.642. The molecule has 0 saturated carbocycles. The molecule has 0 radical (unpaired) electrons. The molecule has 0 fully saturated rings. The number of fused-ring (bicyclic) bond motifs is 1. The summed E-state index contributed by atoms with van der Waals surface area (Å²) in [5.41, 5.74) is 2.39. The summed E-state index contributed by atoms with van der Waals surface area (Å²) in [6.07, 6.45) is -0.823. The second-order valence-corrected chi connectivity index (χ2v) is 6.77. The number of carbonyl (C=O) groups excluding carboxylic acids is 2. The molecule has 1 heterocycles. The van der Waals surface area contributed by atoms with Crippen molar-refractivity contribution in [1.29, 1.82) is 0 Å². The Hall–Kier alpha value is -3.61. The predicted molar refractivity (Wildman–Crippen MR) is 111 cm³/mol. The van der Waals surface area contributed by atoms with Crippen LogP contribution in [0.3, 0.4) is 0 Å². The SMILES string of the molecule is CC(=O)Nc1ccccc1NC(=O)C(C)Oc1ccc2c(C)c(C)c(=O)oc2c1. The minimum Gasteiger partial charge on any atom is -0.481 e. The van der Waals surface area contributed by atoms with Crippen LogP contribution in [0.5, 0.6) is 5.75 Å². The van der Waals surface area contributed by atoms with Gasteiger partial charge in [-0.3, -0.25) is 9.59 Å². The van der Waals surface area contributed by atoms with Crippen molar-refractivity contribution in [3.8, 4) is 5.75 Å². The third-order valence-electron chi connectivity index (χ3n) is 4.61. The van der Waals surface area contributed by atoms with Crippen LogP contribution in [0.2, 0.25) is 0 Å². The van der Waals surface area contributed by atoms with E-state index < -0.39 is 11.7 Å². The van der Waals surface area contributed by atoms with Gasteiger partial charge in [0.1, 0.15) is 11.3 Å². The average molecular weight is 394 g/mol. The summed E-state index contributed by atoms with van der Waals surface area (Å²) in [6.45, 7) is 6.58. The maximum atomic E-state index is 12.5. The first kappa shape index (κ1) is 20.1. The van der Waals surface area contributed by atoms with E-state index in [2.05, 4.69) is 10.6 Å². The first-order chi connectivity index (χ1) is 13.8. The minimum absolute atomic E-state index is 0.237. The molecule has 1 atom stereocenters. The monoisotopic (exact) mass is 394 g/mol. The van der Waals surface area contributed by atoms with Gasteiger partial charge in [0, 0.05) is 23.9 Å². The molecule has 0 bridgehead atoms. The van der Waals surface area contributed by atoms with E-state index >= 15 is 0 Å². The number of rotatable bonds is 5. The number of benzene rings is 2. The molecule has 7 heteroatoms. The van der Waals surface area contributed by atoms with E-state index in [1.165, 1.54) is 6.92 Å². The van der Waals surface area contributed by atoms with Crippen molar-refractivity contribution in [3.05, 3.63) is 64.0 Å². The first-order valence-corrected chi connectivity index (χ1v) is 9.14. The van der Waals surface area contributed by atoms with Crippen LogP contribution in [0.15, 0.2) is 51.7 Å². The van der Waals surface area contributed by atoms with Gasteiger partial charge in [-0.25, -0.2) is 4.79 Å². The van der Waals surface area contributed by atoms with E-state index in [9.17, 15) is 14.4 Å². The molecule has 0 aliphatic carbocycles. The molecule has 150 valence electrons. The van der Waals surface area contributed by atoms with E-state index in [-0.39, 0.29) is 11.8 Å². The smallest absolute Gasteiger partial charge is 0.339 e. The summed E-state index contributed by atoms with van der Waals surface area (Å²) in [5.74, 6) is -0.217. The van der Waals surface area contributed by atoms with E-state index in [1.54, 1.807) is 56.3 Å². The minimum atomic E-state index is -0.823. The fourth-order valence-corrected chi connectivity index (χ4v) is 2.88. The number of carbonyl (C=O) groups is 2. The number of anilines is 2.